The van der Waals surface area contributed by atoms with E-state index in [-0.39, 0.29) is 5.82 Å². The summed E-state index contributed by atoms with van der Waals surface area (Å²) in [5.74, 6) is -0.779. The second-order valence-electron chi connectivity index (χ2n) is 3.50. The molecule has 1 atom stereocenters. The van der Waals surface area contributed by atoms with Gasteiger partial charge in [0.05, 0.1) is 0 Å². The lowest BCUT2D eigenvalue weighted by Crippen LogP contribution is -2.26. The molecule has 1 amide bonds. The van der Waals surface area contributed by atoms with E-state index in [1.165, 1.54) is 23.5 Å². The van der Waals surface area contributed by atoms with Crippen LogP contribution in [0.5, 0.6) is 0 Å². The predicted octanol–water partition coefficient (Wildman–Crippen LogP) is 2.53. The summed E-state index contributed by atoms with van der Waals surface area (Å²) >= 11 is 1.44. The third kappa shape index (κ3) is 2.82. The van der Waals surface area contributed by atoms with Gasteiger partial charge in [-0.1, -0.05) is 6.07 Å². The molecule has 1 aromatic heterocycles. The van der Waals surface area contributed by atoms with Crippen molar-refractivity contribution in [3.63, 3.8) is 0 Å². The predicted molar refractivity (Wildman–Crippen MR) is 66.3 cm³/mol. The molecule has 0 aliphatic heterocycles. The lowest BCUT2D eigenvalue weighted by atomic mass is 10.2. The summed E-state index contributed by atoms with van der Waals surface area (Å²) in [6.07, 6.45) is 0. The Labute approximate surface area is 102 Å². The van der Waals surface area contributed by atoms with Crippen LogP contribution < -0.4 is 11.1 Å². The first-order chi connectivity index (χ1) is 8.16. The van der Waals surface area contributed by atoms with Crippen molar-refractivity contribution in [3.8, 4) is 0 Å². The maximum atomic E-state index is 12.7. The molecule has 5 heteroatoms. The van der Waals surface area contributed by atoms with Crippen LogP contribution in [0.3, 0.4) is 0 Å². The number of hydrogen-bond donors (Lipinski definition) is 2. The quantitative estimate of drug-likeness (QED) is 0.876. The molecule has 0 saturated carbocycles. The molecule has 1 unspecified atom stereocenters. The topological polar surface area (TPSA) is 55.1 Å². The van der Waals surface area contributed by atoms with E-state index in [1.807, 2.05) is 17.5 Å². The largest absolute Gasteiger partial charge is 0.369 e. The van der Waals surface area contributed by atoms with Gasteiger partial charge in [-0.05, 0) is 35.7 Å². The second kappa shape index (κ2) is 4.97. The molecular weight excluding hydrogens is 239 g/mol. The van der Waals surface area contributed by atoms with Gasteiger partial charge < -0.3 is 11.1 Å². The Bertz CT molecular complexity index is 496. The van der Waals surface area contributed by atoms with Gasteiger partial charge in [-0.25, -0.2) is 4.39 Å². The molecule has 0 bridgehead atoms. The van der Waals surface area contributed by atoms with Crippen molar-refractivity contribution in [2.24, 2.45) is 5.73 Å². The Morgan fingerprint density at radius 2 is 2.00 bits per heavy atom. The number of thiophene rings is 1. The van der Waals surface area contributed by atoms with Crippen molar-refractivity contribution in [1.82, 2.24) is 0 Å². The third-order valence-electron chi connectivity index (χ3n) is 2.27. The monoisotopic (exact) mass is 250 g/mol. The van der Waals surface area contributed by atoms with Crippen LogP contribution in [0.1, 0.15) is 10.9 Å². The summed E-state index contributed by atoms with van der Waals surface area (Å²) in [7, 11) is 0. The minimum Gasteiger partial charge on any atom is -0.369 e. The summed E-state index contributed by atoms with van der Waals surface area (Å²) in [6, 6.07) is 8.89. The van der Waals surface area contributed by atoms with Crippen molar-refractivity contribution in [3.05, 3.63) is 52.5 Å². The number of benzene rings is 1. The van der Waals surface area contributed by atoms with Crippen LogP contribution in [0.4, 0.5) is 10.1 Å². The highest BCUT2D eigenvalue weighted by atomic mass is 32.1. The van der Waals surface area contributed by atoms with Gasteiger partial charge in [-0.3, -0.25) is 4.79 Å². The lowest BCUT2D eigenvalue weighted by molar-refractivity contribution is -0.118. The van der Waals surface area contributed by atoms with E-state index < -0.39 is 11.9 Å². The van der Waals surface area contributed by atoms with Crippen LogP contribution >= 0.6 is 11.3 Å². The Morgan fingerprint density at radius 1 is 1.29 bits per heavy atom. The SMILES string of the molecule is NC(=O)C(Nc1ccc(F)cc1)c1cccs1. The normalized spacial score (nSPS) is 12.1. The molecule has 0 fully saturated rings. The maximum Gasteiger partial charge on any atom is 0.245 e. The van der Waals surface area contributed by atoms with Crippen molar-refractivity contribution < 1.29 is 9.18 Å². The zero-order valence-corrected chi connectivity index (χ0v) is 9.71. The fraction of sp³-hybridized carbons (Fsp3) is 0.0833. The van der Waals surface area contributed by atoms with Crippen LogP contribution in [0.2, 0.25) is 0 Å². The summed E-state index contributed by atoms with van der Waals surface area (Å²) in [6.45, 7) is 0. The first-order valence-corrected chi connectivity index (χ1v) is 5.89. The molecule has 2 rings (SSSR count). The van der Waals surface area contributed by atoms with Crippen molar-refractivity contribution in [2.75, 3.05) is 5.32 Å². The maximum absolute atomic E-state index is 12.7. The summed E-state index contributed by atoms with van der Waals surface area (Å²) in [5.41, 5.74) is 5.99. The number of primary amides is 1. The number of hydrogen-bond acceptors (Lipinski definition) is 3. The number of carbonyl (C=O) groups is 1. The molecule has 3 nitrogen and oxygen atoms in total. The Hall–Kier alpha value is -1.88. The van der Waals surface area contributed by atoms with Gasteiger partial charge in [0.1, 0.15) is 11.9 Å². The van der Waals surface area contributed by atoms with E-state index in [2.05, 4.69) is 5.32 Å². The molecule has 0 aliphatic rings. The van der Waals surface area contributed by atoms with Crippen LogP contribution in [-0.2, 0) is 4.79 Å². The van der Waals surface area contributed by atoms with Crippen LogP contribution in [0.25, 0.3) is 0 Å². The van der Waals surface area contributed by atoms with E-state index in [9.17, 15) is 9.18 Å². The lowest BCUT2D eigenvalue weighted by Gasteiger charge is -2.15. The average Bonchev–Trinajstić information content (AvgIpc) is 2.81. The summed E-state index contributed by atoms with van der Waals surface area (Å²) in [5, 5.41) is 4.85. The molecule has 0 saturated heterocycles. The zero-order valence-electron chi connectivity index (χ0n) is 8.89. The van der Waals surface area contributed by atoms with Gasteiger partial charge in [0, 0.05) is 10.6 Å². The average molecular weight is 250 g/mol. The Kier molecular flexibility index (Phi) is 3.39. The fourth-order valence-corrected chi connectivity index (χ4v) is 2.23. The second-order valence-corrected chi connectivity index (χ2v) is 4.48. The number of carbonyl (C=O) groups excluding carboxylic acids is 1. The molecule has 0 aliphatic carbocycles. The fourth-order valence-electron chi connectivity index (χ4n) is 1.45. The molecule has 88 valence electrons. The Balaban J connectivity index is 2.19. The molecule has 0 radical (unpaired) electrons. The molecule has 0 spiro atoms. The van der Waals surface area contributed by atoms with Crippen LogP contribution in [-0.4, -0.2) is 5.91 Å². The number of nitrogens with two attached hydrogens (primary N) is 1. The van der Waals surface area contributed by atoms with Gasteiger partial charge in [-0.2, -0.15) is 0 Å². The van der Waals surface area contributed by atoms with E-state index in [4.69, 9.17) is 5.73 Å². The number of nitrogens with one attached hydrogen (secondary N) is 1. The van der Waals surface area contributed by atoms with E-state index in [0.29, 0.717) is 5.69 Å². The van der Waals surface area contributed by atoms with Gasteiger partial charge in [0.15, 0.2) is 0 Å². The smallest absolute Gasteiger partial charge is 0.245 e. The summed E-state index contributed by atoms with van der Waals surface area (Å²) in [4.78, 5) is 12.2. The molecule has 2 aromatic rings. The van der Waals surface area contributed by atoms with Crippen molar-refractivity contribution in [1.29, 1.82) is 0 Å². The third-order valence-corrected chi connectivity index (χ3v) is 3.20. The minimum absolute atomic E-state index is 0.317. The first-order valence-electron chi connectivity index (χ1n) is 5.01. The molecule has 1 heterocycles. The zero-order chi connectivity index (χ0) is 12.3. The van der Waals surface area contributed by atoms with Crippen molar-refractivity contribution >= 4 is 22.9 Å². The van der Waals surface area contributed by atoms with E-state index >= 15 is 0 Å². The van der Waals surface area contributed by atoms with Gasteiger partial charge >= 0.3 is 0 Å². The highest BCUT2D eigenvalue weighted by molar-refractivity contribution is 7.10. The van der Waals surface area contributed by atoms with Gasteiger partial charge in [0.25, 0.3) is 0 Å². The Morgan fingerprint density at radius 3 is 2.53 bits per heavy atom. The van der Waals surface area contributed by atoms with Crippen molar-refractivity contribution in [2.45, 2.75) is 6.04 Å². The van der Waals surface area contributed by atoms with Gasteiger partial charge in [0.2, 0.25) is 5.91 Å². The van der Waals surface area contributed by atoms with Crippen LogP contribution in [0, 0.1) is 5.82 Å². The highest BCUT2D eigenvalue weighted by Crippen LogP contribution is 2.23. The minimum atomic E-state index is -0.583. The molecule has 17 heavy (non-hydrogen) atoms. The molecule has 1 aromatic carbocycles. The van der Waals surface area contributed by atoms with E-state index in [0.717, 1.165) is 4.88 Å². The number of rotatable bonds is 4. The number of amides is 1. The standard InChI is InChI=1S/C12H11FN2OS/c13-8-3-5-9(6-4-8)15-11(12(14)16)10-2-1-7-17-10/h1-7,11,15H,(H2,14,16). The van der Waals surface area contributed by atoms with Gasteiger partial charge in [-0.15, -0.1) is 11.3 Å². The van der Waals surface area contributed by atoms with Crippen LogP contribution in [0.15, 0.2) is 41.8 Å². The number of halogens is 1. The highest BCUT2D eigenvalue weighted by Gasteiger charge is 2.18. The number of anilines is 1. The van der Waals surface area contributed by atoms with E-state index in [1.54, 1.807) is 12.1 Å². The first kappa shape index (κ1) is 11.6. The summed E-state index contributed by atoms with van der Waals surface area (Å²) < 4.78 is 12.7. The molecular formula is C12H11FN2OS. The molecule has 3 N–H and O–H groups in total.